The summed E-state index contributed by atoms with van der Waals surface area (Å²) in [6.45, 7) is 0.326. The first-order valence-electron chi connectivity index (χ1n) is 6.66. The van der Waals surface area contributed by atoms with Gasteiger partial charge in [0.05, 0.1) is 6.61 Å². The first-order valence-corrected chi connectivity index (χ1v) is 6.66. The molecule has 2 aromatic rings. The number of hydrogen-bond donors (Lipinski definition) is 0. The van der Waals surface area contributed by atoms with Crippen molar-refractivity contribution in [2.75, 3.05) is 6.61 Å². The van der Waals surface area contributed by atoms with E-state index in [1.165, 1.54) is 17.8 Å². The van der Waals surface area contributed by atoms with Gasteiger partial charge in [0.15, 0.2) is 0 Å². The Bertz CT molecular complexity index is 604. The second-order valence-electron chi connectivity index (χ2n) is 4.47. The Kier molecular flexibility index (Phi) is 5.12. The summed E-state index contributed by atoms with van der Waals surface area (Å²) in [6, 6.07) is 14.7. The van der Waals surface area contributed by atoms with Crippen LogP contribution in [0.15, 0.2) is 59.5 Å². The lowest BCUT2D eigenvalue weighted by Gasteiger charge is -2.06. The second-order valence-corrected chi connectivity index (χ2v) is 4.47. The second kappa shape index (κ2) is 7.28. The van der Waals surface area contributed by atoms with Gasteiger partial charge in [0.1, 0.15) is 0 Å². The molecule has 0 unspecified atom stereocenters. The minimum Gasteiger partial charge on any atom is -0.449 e. The van der Waals surface area contributed by atoms with E-state index in [2.05, 4.69) is 12.1 Å². The fraction of sp³-hybridized carbons (Fsp3) is 0.250. The van der Waals surface area contributed by atoms with Crippen LogP contribution in [0.4, 0.5) is 4.79 Å². The third kappa shape index (κ3) is 4.09. The zero-order valence-electron chi connectivity index (χ0n) is 11.2. The molecular weight excluding hydrogens is 254 g/mol. The van der Waals surface area contributed by atoms with E-state index in [0.29, 0.717) is 6.61 Å². The predicted molar refractivity (Wildman–Crippen MR) is 76.8 cm³/mol. The van der Waals surface area contributed by atoms with E-state index in [4.69, 9.17) is 4.74 Å². The molecule has 2 rings (SSSR count). The van der Waals surface area contributed by atoms with Gasteiger partial charge in [-0.25, -0.2) is 9.36 Å². The van der Waals surface area contributed by atoms with Crippen LogP contribution in [0.25, 0.3) is 0 Å². The lowest BCUT2D eigenvalue weighted by Crippen LogP contribution is -2.26. The minimum absolute atomic E-state index is 0.326. The molecule has 4 nitrogen and oxygen atoms in total. The molecule has 0 N–H and O–H groups in total. The van der Waals surface area contributed by atoms with Crippen molar-refractivity contribution in [3.63, 3.8) is 0 Å². The van der Waals surface area contributed by atoms with Crippen molar-refractivity contribution in [3.8, 4) is 0 Å². The molecule has 0 aliphatic rings. The van der Waals surface area contributed by atoms with Gasteiger partial charge in [0.25, 0.3) is 5.56 Å². The van der Waals surface area contributed by atoms with Gasteiger partial charge < -0.3 is 4.74 Å². The van der Waals surface area contributed by atoms with Crippen molar-refractivity contribution in [2.45, 2.75) is 19.3 Å². The number of aromatic nitrogens is 1. The molecule has 0 aliphatic carbocycles. The van der Waals surface area contributed by atoms with Crippen LogP contribution in [-0.2, 0) is 11.2 Å². The minimum atomic E-state index is -0.615. The first-order chi connectivity index (χ1) is 9.77. The van der Waals surface area contributed by atoms with Gasteiger partial charge in [0.2, 0.25) is 0 Å². The lowest BCUT2D eigenvalue weighted by atomic mass is 10.1. The number of ether oxygens (including phenoxy) is 1. The number of pyridine rings is 1. The Morgan fingerprint density at radius 3 is 2.50 bits per heavy atom. The van der Waals surface area contributed by atoms with Gasteiger partial charge in [-0.2, -0.15) is 0 Å². The van der Waals surface area contributed by atoms with Crippen LogP contribution in [0.1, 0.15) is 18.4 Å². The molecule has 0 atom stereocenters. The summed E-state index contributed by atoms with van der Waals surface area (Å²) in [6.07, 6.45) is 3.48. The van der Waals surface area contributed by atoms with Crippen molar-refractivity contribution >= 4 is 6.09 Å². The fourth-order valence-electron chi connectivity index (χ4n) is 1.88. The molecule has 0 radical (unpaired) electrons. The molecular formula is C16H17NO3. The number of hydrogen-bond acceptors (Lipinski definition) is 3. The van der Waals surface area contributed by atoms with Gasteiger partial charge in [-0.1, -0.05) is 36.4 Å². The predicted octanol–water partition coefficient (Wildman–Crippen LogP) is 2.86. The van der Waals surface area contributed by atoms with E-state index in [9.17, 15) is 9.59 Å². The zero-order valence-corrected chi connectivity index (χ0v) is 11.2. The molecule has 0 fully saturated rings. The van der Waals surface area contributed by atoms with Crippen molar-refractivity contribution in [3.05, 3.63) is 70.6 Å². The number of nitrogens with zero attached hydrogens (tertiary/aromatic N) is 1. The first kappa shape index (κ1) is 14.1. The maximum absolute atomic E-state index is 11.6. The third-order valence-electron chi connectivity index (χ3n) is 2.95. The standard InChI is InChI=1S/C16H17NO3/c18-15-11-4-6-12-17(15)16(19)20-13-7-5-10-14-8-2-1-3-9-14/h1-4,6,8-9,11-12H,5,7,10,13H2. The molecule has 1 heterocycles. The maximum atomic E-state index is 11.6. The molecule has 0 spiro atoms. The number of unbranched alkanes of at least 4 members (excludes halogenated alkanes) is 1. The summed E-state index contributed by atoms with van der Waals surface area (Å²) < 4.78 is 6.04. The van der Waals surface area contributed by atoms with E-state index in [-0.39, 0.29) is 5.56 Å². The summed E-state index contributed by atoms with van der Waals surface area (Å²) in [5, 5.41) is 0. The third-order valence-corrected chi connectivity index (χ3v) is 2.95. The van der Waals surface area contributed by atoms with Crippen molar-refractivity contribution in [2.24, 2.45) is 0 Å². The smallest absolute Gasteiger partial charge is 0.420 e. The van der Waals surface area contributed by atoms with Crippen LogP contribution in [0.5, 0.6) is 0 Å². The van der Waals surface area contributed by atoms with Gasteiger partial charge in [-0.15, -0.1) is 0 Å². The highest BCUT2D eigenvalue weighted by Crippen LogP contribution is 2.04. The summed E-state index contributed by atoms with van der Waals surface area (Å²) in [5.41, 5.74) is 0.903. The van der Waals surface area contributed by atoms with Crippen molar-refractivity contribution < 1.29 is 9.53 Å². The quantitative estimate of drug-likeness (QED) is 0.786. The molecule has 1 aromatic carbocycles. The summed E-state index contributed by atoms with van der Waals surface area (Å²) in [7, 11) is 0. The molecule has 0 saturated carbocycles. The van der Waals surface area contributed by atoms with Crippen LogP contribution in [0, 0.1) is 0 Å². The van der Waals surface area contributed by atoms with Gasteiger partial charge in [0, 0.05) is 12.3 Å². The molecule has 20 heavy (non-hydrogen) atoms. The average molecular weight is 271 g/mol. The highest BCUT2D eigenvalue weighted by molar-refractivity contribution is 5.70. The number of rotatable bonds is 5. The highest BCUT2D eigenvalue weighted by Gasteiger charge is 2.06. The van der Waals surface area contributed by atoms with Gasteiger partial charge in [-0.05, 0) is 30.9 Å². The van der Waals surface area contributed by atoms with Crippen LogP contribution in [-0.4, -0.2) is 17.3 Å². The monoisotopic (exact) mass is 271 g/mol. The van der Waals surface area contributed by atoms with Crippen LogP contribution in [0.2, 0.25) is 0 Å². The molecule has 0 amide bonds. The van der Waals surface area contributed by atoms with Crippen LogP contribution >= 0.6 is 0 Å². The van der Waals surface area contributed by atoms with Gasteiger partial charge >= 0.3 is 6.09 Å². The lowest BCUT2D eigenvalue weighted by molar-refractivity contribution is 0.145. The van der Waals surface area contributed by atoms with Crippen molar-refractivity contribution in [1.29, 1.82) is 0 Å². The Labute approximate surface area is 117 Å². The van der Waals surface area contributed by atoms with E-state index < -0.39 is 6.09 Å². The van der Waals surface area contributed by atoms with Crippen LogP contribution < -0.4 is 5.56 Å². The Balaban J connectivity index is 1.70. The van der Waals surface area contributed by atoms with E-state index in [1.807, 2.05) is 18.2 Å². The molecule has 0 bridgehead atoms. The SMILES string of the molecule is O=C(OCCCCc1ccccc1)n1ccccc1=O. The van der Waals surface area contributed by atoms with Gasteiger partial charge in [-0.3, -0.25) is 4.79 Å². The molecule has 0 saturated heterocycles. The zero-order chi connectivity index (χ0) is 14.2. The average Bonchev–Trinajstić information content (AvgIpc) is 2.48. The molecule has 4 heteroatoms. The van der Waals surface area contributed by atoms with Crippen LogP contribution in [0.3, 0.4) is 0 Å². The summed E-state index contributed by atoms with van der Waals surface area (Å²) in [5.74, 6) is 0. The Morgan fingerprint density at radius 1 is 1.00 bits per heavy atom. The largest absolute Gasteiger partial charge is 0.449 e. The normalized spacial score (nSPS) is 10.2. The fourth-order valence-corrected chi connectivity index (χ4v) is 1.88. The summed E-state index contributed by atoms with van der Waals surface area (Å²) in [4.78, 5) is 23.0. The number of benzene rings is 1. The van der Waals surface area contributed by atoms with E-state index >= 15 is 0 Å². The molecule has 1 aromatic heterocycles. The highest BCUT2D eigenvalue weighted by atomic mass is 16.5. The number of carbonyl (C=O) groups excluding carboxylic acids is 1. The van der Waals surface area contributed by atoms with E-state index in [0.717, 1.165) is 23.8 Å². The molecule has 0 aliphatic heterocycles. The summed E-state index contributed by atoms with van der Waals surface area (Å²) >= 11 is 0. The van der Waals surface area contributed by atoms with Crippen molar-refractivity contribution in [1.82, 2.24) is 4.57 Å². The Hall–Kier alpha value is -2.36. The number of carbonyl (C=O) groups is 1. The van der Waals surface area contributed by atoms with E-state index in [1.54, 1.807) is 12.1 Å². The Morgan fingerprint density at radius 2 is 1.75 bits per heavy atom. The molecule has 104 valence electrons. The maximum Gasteiger partial charge on any atom is 0.420 e. The number of aryl methyl sites for hydroxylation is 1. The topological polar surface area (TPSA) is 48.3 Å².